The van der Waals surface area contributed by atoms with Gasteiger partial charge in [-0.3, -0.25) is 4.79 Å². The molecule has 18 heavy (non-hydrogen) atoms. The van der Waals surface area contributed by atoms with E-state index in [4.69, 9.17) is 9.47 Å². The second kappa shape index (κ2) is 4.98. The molecule has 1 unspecified atom stereocenters. The topological polar surface area (TPSA) is 47.6 Å². The van der Waals surface area contributed by atoms with Crippen molar-refractivity contribution in [2.45, 2.75) is 25.3 Å². The van der Waals surface area contributed by atoms with Gasteiger partial charge >= 0.3 is 0 Å². The number of ether oxygens (including phenoxy) is 2. The molecule has 1 N–H and O–H groups in total. The van der Waals surface area contributed by atoms with Crippen LogP contribution in [0.25, 0.3) is 0 Å². The van der Waals surface area contributed by atoms with E-state index in [-0.39, 0.29) is 5.54 Å². The molecule has 1 aromatic carbocycles. The zero-order valence-electron chi connectivity index (χ0n) is 11.1. The first-order chi connectivity index (χ1) is 8.64. The molecule has 0 aromatic heterocycles. The number of rotatable bonds is 4. The van der Waals surface area contributed by atoms with E-state index in [2.05, 4.69) is 12.2 Å². The summed E-state index contributed by atoms with van der Waals surface area (Å²) in [4.78, 5) is 11.0. The Bertz CT molecular complexity index is 451. The first kappa shape index (κ1) is 12.9. The zero-order chi connectivity index (χ0) is 13.2. The first-order valence-electron chi connectivity index (χ1n) is 6.11. The summed E-state index contributed by atoms with van der Waals surface area (Å²) >= 11 is 0. The van der Waals surface area contributed by atoms with Gasteiger partial charge in [0.25, 0.3) is 0 Å². The summed E-state index contributed by atoms with van der Waals surface area (Å²) in [7, 11) is 3.21. The average Bonchev–Trinajstić information content (AvgIpc) is 2.85. The van der Waals surface area contributed by atoms with Crippen molar-refractivity contribution in [2.24, 2.45) is 0 Å². The molecule has 1 aliphatic heterocycles. The Labute approximate surface area is 107 Å². The van der Waals surface area contributed by atoms with Gasteiger partial charge in [-0.25, -0.2) is 0 Å². The highest BCUT2D eigenvalue weighted by Crippen LogP contribution is 2.41. The molecule has 1 saturated heterocycles. The predicted molar refractivity (Wildman–Crippen MR) is 69.5 cm³/mol. The van der Waals surface area contributed by atoms with Gasteiger partial charge < -0.3 is 14.8 Å². The maximum atomic E-state index is 11.0. The molecular formula is C14H19NO3. The maximum Gasteiger partial charge on any atom is 0.165 e. The van der Waals surface area contributed by atoms with Crippen LogP contribution in [0.4, 0.5) is 0 Å². The van der Waals surface area contributed by atoms with Gasteiger partial charge in [-0.2, -0.15) is 0 Å². The number of carbonyl (C=O) groups excluding carboxylic acids is 1. The highest BCUT2D eigenvalue weighted by atomic mass is 16.5. The van der Waals surface area contributed by atoms with E-state index in [1.165, 1.54) is 0 Å². The number of nitrogens with one attached hydrogen (secondary N) is 1. The second-order valence-electron chi connectivity index (χ2n) is 4.78. The fourth-order valence-corrected chi connectivity index (χ4v) is 2.59. The number of aldehydes is 1. The van der Waals surface area contributed by atoms with E-state index in [0.29, 0.717) is 17.1 Å². The first-order valence-corrected chi connectivity index (χ1v) is 6.11. The Morgan fingerprint density at radius 2 is 2.11 bits per heavy atom. The van der Waals surface area contributed by atoms with E-state index >= 15 is 0 Å². The van der Waals surface area contributed by atoms with E-state index < -0.39 is 0 Å². The predicted octanol–water partition coefficient (Wildman–Crippen LogP) is 2.11. The van der Waals surface area contributed by atoms with Crippen molar-refractivity contribution in [2.75, 3.05) is 20.8 Å². The molecule has 4 nitrogen and oxygen atoms in total. The lowest BCUT2D eigenvalue weighted by Crippen LogP contribution is -2.33. The summed E-state index contributed by atoms with van der Waals surface area (Å²) in [6.45, 7) is 3.11. The van der Waals surface area contributed by atoms with Crippen molar-refractivity contribution in [1.29, 1.82) is 0 Å². The molecule has 1 aliphatic rings. The van der Waals surface area contributed by atoms with Crippen LogP contribution in [-0.2, 0) is 5.54 Å². The third-order valence-corrected chi connectivity index (χ3v) is 3.60. The van der Waals surface area contributed by atoms with Gasteiger partial charge in [0.15, 0.2) is 11.5 Å². The molecule has 1 aromatic rings. The monoisotopic (exact) mass is 249 g/mol. The van der Waals surface area contributed by atoms with E-state index in [0.717, 1.165) is 31.2 Å². The lowest BCUT2D eigenvalue weighted by Gasteiger charge is -2.28. The Hall–Kier alpha value is -1.55. The van der Waals surface area contributed by atoms with E-state index in [1.54, 1.807) is 20.3 Å². The standard InChI is InChI=1S/C14H19NO3/c1-14(5-4-6-15-14)11-7-10(9-16)8-12(17-2)13(11)18-3/h7-9,15H,4-6H2,1-3H3. The van der Waals surface area contributed by atoms with Crippen molar-refractivity contribution in [3.8, 4) is 11.5 Å². The molecule has 0 saturated carbocycles. The van der Waals surface area contributed by atoms with Crippen LogP contribution in [-0.4, -0.2) is 27.1 Å². The highest BCUT2D eigenvalue weighted by Gasteiger charge is 2.34. The minimum absolute atomic E-state index is 0.155. The van der Waals surface area contributed by atoms with Gasteiger partial charge in [-0.15, -0.1) is 0 Å². The van der Waals surface area contributed by atoms with Crippen LogP contribution in [0.1, 0.15) is 35.7 Å². The van der Waals surface area contributed by atoms with Crippen LogP contribution in [0.5, 0.6) is 11.5 Å². The van der Waals surface area contributed by atoms with Crippen LogP contribution >= 0.6 is 0 Å². The lowest BCUT2D eigenvalue weighted by atomic mass is 9.88. The Kier molecular flexibility index (Phi) is 3.57. The normalized spacial score (nSPS) is 22.8. The molecule has 1 atom stereocenters. The Morgan fingerprint density at radius 3 is 2.61 bits per heavy atom. The molecule has 2 rings (SSSR count). The van der Waals surface area contributed by atoms with Crippen molar-refractivity contribution < 1.29 is 14.3 Å². The summed E-state index contributed by atoms with van der Waals surface area (Å²) in [6.07, 6.45) is 2.98. The number of benzene rings is 1. The largest absolute Gasteiger partial charge is 0.493 e. The molecular weight excluding hydrogens is 230 g/mol. The molecule has 0 spiro atoms. The van der Waals surface area contributed by atoms with E-state index in [9.17, 15) is 4.79 Å². The summed E-state index contributed by atoms with van der Waals surface area (Å²) in [5, 5.41) is 3.48. The number of carbonyl (C=O) groups is 1. The molecule has 1 fully saturated rings. The van der Waals surface area contributed by atoms with Gasteiger partial charge in [0.2, 0.25) is 0 Å². The lowest BCUT2D eigenvalue weighted by molar-refractivity contribution is 0.112. The van der Waals surface area contributed by atoms with Gasteiger partial charge in [0.05, 0.1) is 14.2 Å². The van der Waals surface area contributed by atoms with Crippen LogP contribution in [0.3, 0.4) is 0 Å². The van der Waals surface area contributed by atoms with Gasteiger partial charge in [0, 0.05) is 16.7 Å². The van der Waals surface area contributed by atoms with Crippen LogP contribution in [0, 0.1) is 0 Å². The molecule has 4 heteroatoms. The average molecular weight is 249 g/mol. The summed E-state index contributed by atoms with van der Waals surface area (Å²) in [5.74, 6) is 1.31. The smallest absolute Gasteiger partial charge is 0.165 e. The number of hydrogen-bond donors (Lipinski definition) is 1. The Morgan fingerprint density at radius 1 is 1.33 bits per heavy atom. The molecule has 0 aliphatic carbocycles. The third-order valence-electron chi connectivity index (χ3n) is 3.60. The van der Waals surface area contributed by atoms with Crippen molar-refractivity contribution in [3.63, 3.8) is 0 Å². The molecule has 0 amide bonds. The van der Waals surface area contributed by atoms with Crippen molar-refractivity contribution in [3.05, 3.63) is 23.3 Å². The summed E-state index contributed by atoms with van der Waals surface area (Å²) in [5.41, 5.74) is 1.44. The van der Waals surface area contributed by atoms with Gasteiger partial charge in [-0.05, 0) is 38.4 Å². The van der Waals surface area contributed by atoms with Crippen molar-refractivity contribution in [1.82, 2.24) is 5.32 Å². The maximum absolute atomic E-state index is 11.0. The van der Waals surface area contributed by atoms with Gasteiger partial charge in [-0.1, -0.05) is 0 Å². The highest BCUT2D eigenvalue weighted by molar-refractivity contribution is 5.77. The molecule has 1 heterocycles. The van der Waals surface area contributed by atoms with Crippen LogP contribution in [0.2, 0.25) is 0 Å². The minimum atomic E-state index is -0.155. The summed E-state index contributed by atoms with van der Waals surface area (Å²) < 4.78 is 10.8. The quantitative estimate of drug-likeness (QED) is 0.830. The van der Waals surface area contributed by atoms with Gasteiger partial charge in [0.1, 0.15) is 6.29 Å². The van der Waals surface area contributed by atoms with E-state index in [1.807, 2.05) is 6.07 Å². The Balaban J connectivity index is 2.59. The van der Waals surface area contributed by atoms with Crippen LogP contribution < -0.4 is 14.8 Å². The van der Waals surface area contributed by atoms with Crippen molar-refractivity contribution >= 4 is 6.29 Å². The fraction of sp³-hybridized carbons (Fsp3) is 0.500. The zero-order valence-corrected chi connectivity index (χ0v) is 11.1. The SMILES string of the molecule is COc1cc(C=O)cc(C2(C)CCCN2)c1OC. The minimum Gasteiger partial charge on any atom is -0.493 e. The fourth-order valence-electron chi connectivity index (χ4n) is 2.59. The number of methoxy groups -OCH3 is 2. The molecule has 98 valence electrons. The van der Waals surface area contributed by atoms with Crippen LogP contribution in [0.15, 0.2) is 12.1 Å². The molecule has 0 radical (unpaired) electrons. The second-order valence-corrected chi connectivity index (χ2v) is 4.78. The number of hydrogen-bond acceptors (Lipinski definition) is 4. The summed E-state index contributed by atoms with van der Waals surface area (Å²) in [6, 6.07) is 3.58. The third kappa shape index (κ3) is 2.08. The molecule has 0 bridgehead atoms.